The van der Waals surface area contributed by atoms with Crippen molar-refractivity contribution in [3.8, 4) is 0 Å². The van der Waals surface area contributed by atoms with E-state index in [-0.39, 0.29) is 12.6 Å². The van der Waals surface area contributed by atoms with Crippen LogP contribution in [0.15, 0.2) is 40.9 Å². The maximum Gasteiger partial charge on any atom is 0.355 e. The monoisotopic (exact) mass is 307 g/mol. The van der Waals surface area contributed by atoms with Crippen molar-refractivity contribution in [2.45, 2.75) is 13.5 Å². The molecule has 0 spiro atoms. The fourth-order valence-corrected chi connectivity index (χ4v) is 2.05. The van der Waals surface area contributed by atoms with Crippen molar-refractivity contribution in [3.05, 3.63) is 57.8 Å². The summed E-state index contributed by atoms with van der Waals surface area (Å²) in [5.41, 5.74) is 2.55. The van der Waals surface area contributed by atoms with Crippen LogP contribution in [-0.2, 0) is 18.4 Å². The summed E-state index contributed by atoms with van der Waals surface area (Å²) in [7, 11) is 1.85. The van der Waals surface area contributed by atoms with Gasteiger partial charge in [0.1, 0.15) is 12.3 Å². The van der Waals surface area contributed by atoms with Crippen LogP contribution in [0.4, 0.5) is 0 Å². The molecular weight excluding hydrogens is 294 g/mol. The van der Waals surface area contributed by atoms with Crippen LogP contribution in [0.3, 0.4) is 0 Å². The molecular formula is C14H14BrNO2. The number of nitrogens with zero attached hydrogens (tertiary/aromatic N) is 1. The Morgan fingerprint density at radius 1 is 1.28 bits per heavy atom. The van der Waals surface area contributed by atoms with Crippen molar-refractivity contribution < 1.29 is 9.53 Å². The van der Waals surface area contributed by atoms with Crippen LogP contribution in [0.2, 0.25) is 0 Å². The van der Waals surface area contributed by atoms with Crippen molar-refractivity contribution >= 4 is 21.9 Å². The molecule has 3 nitrogen and oxygen atoms in total. The Balaban J connectivity index is 2.05. The molecule has 4 heteroatoms. The number of hydrogen-bond donors (Lipinski definition) is 0. The van der Waals surface area contributed by atoms with E-state index >= 15 is 0 Å². The molecule has 0 aliphatic heterocycles. The van der Waals surface area contributed by atoms with Crippen LogP contribution in [0.1, 0.15) is 21.7 Å². The van der Waals surface area contributed by atoms with Gasteiger partial charge >= 0.3 is 5.97 Å². The van der Waals surface area contributed by atoms with E-state index in [0.29, 0.717) is 5.69 Å². The van der Waals surface area contributed by atoms with Crippen LogP contribution < -0.4 is 0 Å². The lowest BCUT2D eigenvalue weighted by Crippen LogP contribution is -2.10. The number of carbonyl (C=O) groups is 1. The molecule has 0 aliphatic rings. The van der Waals surface area contributed by atoms with Crippen molar-refractivity contribution in [1.29, 1.82) is 0 Å². The Bertz CT molecular complexity index is 575. The van der Waals surface area contributed by atoms with E-state index < -0.39 is 0 Å². The topological polar surface area (TPSA) is 31.2 Å². The first-order chi connectivity index (χ1) is 8.59. The number of aryl methyl sites for hydroxylation is 1. The number of ether oxygens (including phenoxy) is 1. The summed E-state index contributed by atoms with van der Waals surface area (Å²) in [4.78, 5) is 11.9. The van der Waals surface area contributed by atoms with E-state index in [1.807, 2.05) is 48.9 Å². The highest BCUT2D eigenvalue weighted by Crippen LogP contribution is 2.17. The summed E-state index contributed by atoms with van der Waals surface area (Å²) in [5.74, 6) is -0.304. The minimum absolute atomic E-state index is 0.268. The standard InChI is InChI=1S/C14H14BrNO2/c1-10-7-8-13(16(10)2)14(17)18-9-11-5-3-4-6-12(11)15/h3-8H,9H2,1-2H3. The van der Waals surface area contributed by atoms with Crippen molar-refractivity contribution in [3.63, 3.8) is 0 Å². The van der Waals surface area contributed by atoms with E-state index in [1.54, 1.807) is 6.07 Å². The number of benzene rings is 1. The van der Waals surface area contributed by atoms with Gasteiger partial charge in [-0.05, 0) is 25.1 Å². The number of hydrogen-bond acceptors (Lipinski definition) is 2. The molecule has 0 saturated carbocycles. The summed E-state index contributed by atoms with van der Waals surface area (Å²) in [6.07, 6.45) is 0. The molecule has 0 unspecified atom stereocenters. The minimum Gasteiger partial charge on any atom is -0.456 e. The van der Waals surface area contributed by atoms with Gasteiger partial charge in [0.15, 0.2) is 0 Å². The first-order valence-corrected chi connectivity index (χ1v) is 6.41. The highest BCUT2D eigenvalue weighted by molar-refractivity contribution is 9.10. The van der Waals surface area contributed by atoms with E-state index in [4.69, 9.17) is 4.74 Å². The number of rotatable bonds is 3. The molecule has 0 saturated heterocycles. The van der Waals surface area contributed by atoms with Gasteiger partial charge in [-0.2, -0.15) is 0 Å². The van der Waals surface area contributed by atoms with Crippen LogP contribution in [0, 0.1) is 6.92 Å². The predicted molar refractivity (Wildman–Crippen MR) is 73.4 cm³/mol. The lowest BCUT2D eigenvalue weighted by Gasteiger charge is -2.07. The molecule has 18 heavy (non-hydrogen) atoms. The van der Waals surface area contributed by atoms with Gasteiger partial charge in [-0.25, -0.2) is 4.79 Å². The molecule has 2 aromatic rings. The summed E-state index contributed by atoms with van der Waals surface area (Å²) >= 11 is 3.42. The number of carbonyl (C=O) groups excluding carboxylic acids is 1. The van der Waals surface area contributed by atoms with Gasteiger partial charge in [-0.1, -0.05) is 34.1 Å². The second-order valence-corrected chi connectivity index (χ2v) is 4.94. The molecule has 0 atom stereocenters. The Morgan fingerprint density at radius 2 is 2.00 bits per heavy atom. The second-order valence-electron chi connectivity index (χ2n) is 4.09. The highest BCUT2D eigenvalue weighted by Gasteiger charge is 2.12. The number of halogens is 1. The molecule has 0 fully saturated rings. The third-order valence-corrected chi connectivity index (χ3v) is 3.67. The maximum atomic E-state index is 11.9. The third-order valence-electron chi connectivity index (χ3n) is 2.90. The van der Waals surface area contributed by atoms with Crippen LogP contribution >= 0.6 is 15.9 Å². The predicted octanol–water partition coefficient (Wildman–Crippen LogP) is 3.45. The highest BCUT2D eigenvalue weighted by atomic mass is 79.9. The fraction of sp³-hybridized carbons (Fsp3) is 0.214. The first-order valence-electron chi connectivity index (χ1n) is 5.62. The second kappa shape index (κ2) is 5.40. The van der Waals surface area contributed by atoms with Crippen molar-refractivity contribution in [2.24, 2.45) is 7.05 Å². The fourth-order valence-electron chi connectivity index (χ4n) is 1.65. The van der Waals surface area contributed by atoms with Gasteiger partial charge in [0.2, 0.25) is 0 Å². The smallest absolute Gasteiger partial charge is 0.355 e. The summed E-state index contributed by atoms with van der Waals surface area (Å²) < 4.78 is 8.07. The van der Waals surface area contributed by atoms with Crippen LogP contribution in [-0.4, -0.2) is 10.5 Å². The van der Waals surface area contributed by atoms with E-state index in [1.165, 1.54) is 0 Å². The average Bonchev–Trinajstić information content (AvgIpc) is 2.69. The SMILES string of the molecule is Cc1ccc(C(=O)OCc2ccccc2Br)n1C. The van der Waals surface area contributed by atoms with Crippen LogP contribution in [0.5, 0.6) is 0 Å². The largest absolute Gasteiger partial charge is 0.456 e. The quantitative estimate of drug-likeness (QED) is 0.813. The number of aromatic nitrogens is 1. The van der Waals surface area contributed by atoms with Gasteiger partial charge in [0, 0.05) is 22.8 Å². The average molecular weight is 308 g/mol. The summed E-state index contributed by atoms with van der Waals surface area (Å²) in [5, 5.41) is 0. The van der Waals surface area contributed by atoms with Gasteiger partial charge in [0.05, 0.1) is 0 Å². The van der Waals surface area contributed by atoms with Gasteiger partial charge in [-0.3, -0.25) is 0 Å². The lowest BCUT2D eigenvalue weighted by atomic mass is 10.2. The molecule has 2 rings (SSSR count). The minimum atomic E-state index is -0.304. The Morgan fingerprint density at radius 3 is 2.61 bits per heavy atom. The Labute approximate surface area is 115 Å². The molecule has 94 valence electrons. The van der Waals surface area contributed by atoms with Gasteiger partial charge in [-0.15, -0.1) is 0 Å². The zero-order chi connectivity index (χ0) is 13.1. The summed E-state index contributed by atoms with van der Waals surface area (Å²) in [6, 6.07) is 11.4. The molecule has 1 aromatic carbocycles. The lowest BCUT2D eigenvalue weighted by molar-refractivity contribution is 0.0460. The molecule has 0 amide bonds. The molecule has 1 aromatic heterocycles. The van der Waals surface area contributed by atoms with E-state index in [9.17, 15) is 4.79 Å². The normalized spacial score (nSPS) is 10.4. The van der Waals surface area contributed by atoms with E-state index in [0.717, 1.165) is 15.7 Å². The van der Waals surface area contributed by atoms with Crippen molar-refractivity contribution in [1.82, 2.24) is 4.57 Å². The molecule has 0 radical (unpaired) electrons. The van der Waals surface area contributed by atoms with Gasteiger partial charge < -0.3 is 9.30 Å². The zero-order valence-electron chi connectivity index (χ0n) is 10.3. The van der Waals surface area contributed by atoms with Gasteiger partial charge in [0.25, 0.3) is 0 Å². The number of esters is 1. The molecule has 0 bridgehead atoms. The molecule has 0 aliphatic carbocycles. The van der Waals surface area contributed by atoms with E-state index in [2.05, 4.69) is 15.9 Å². The summed E-state index contributed by atoms with van der Waals surface area (Å²) in [6.45, 7) is 2.22. The van der Waals surface area contributed by atoms with Crippen LogP contribution in [0.25, 0.3) is 0 Å². The molecule has 0 N–H and O–H groups in total. The van der Waals surface area contributed by atoms with Crippen molar-refractivity contribution in [2.75, 3.05) is 0 Å². The maximum absolute atomic E-state index is 11.9. The Hall–Kier alpha value is -1.55. The third kappa shape index (κ3) is 2.64. The first kappa shape index (κ1) is 12.9. The zero-order valence-corrected chi connectivity index (χ0v) is 11.9. The molecule has 1 heterocycles. The Kier molecular flexibility index (Phi) is 3.87.